The molecule has 0 bridgehead atoms. The van der Waals surface area contributed by atoms with Gasteiger partial charge in [0.1, 0.15) is 6.54 Å². The van der Waals surface area contributed by atoms with E-state index < -0.39 is 6.10 Å². The van der Waals surface area contributed by atoms with Crippen LogP contribution in [0.3, 0.4) is 0 Å². The topological polar surface area (TPSA) is 63.5 Å². The van der Waals surface area contributed by atoms with Crippen LogP contribution in [0.4, 0.5) is 0 Å². The van der Waals surface area contributed by atoms with Crippen molar-refractivity contribution in [2.45, 2.75) is 26.5 Å². The number of aliphatic hydroxyl groups excluding tert-OH is 1. The molecule has 1 heterocycles. The average Bonchev–Trinajstić information content (AvgIpc) is 2.76. The van der Waals surface area contributed by atoms with Gasteiger partial charge in [-0.05, 0) is 17.5 Å². The van der Waals surface area contributed by atoms with Crippen molar-refractivity contribution < 1.29 is 14.6 Å². The van der Waals surface area contributed by atoms with Gasteiger partial charge in [0.05, 0.1) is 12.7 Å². The number of rotatable bonds is 7. The van der Waals surface area contributed by atoms with E-state index in [1.54, 1.807) is 24.1 Å². The highest BCUT2D eigenvalue weighted by Gasteiger charge is 2.13. The summed E-state index contributed by atoms with van der Waals surface area (Å²) in [7, 11) is 1.59. The van der Waals surface area contributed by atoms with E-state index in [1.165, 1.54) is 0 Å². The van der Waals surface area contributed by atoms with Crippen molar-refractivity contribution in [3.8, 4) is 0 Å². The summed E-state index contributed by atoms with van der Waals surface area (Å²) in [5.74, 6) is 0.101. The van der Waals surface area contributed by atoms with Crippen molar-refractivity contribution in [3.63, 3.8) is 0 Å². The molecule has 18 heavy (non-hydrogen) atoms. The lowest BCUT2D eigenvalue weighted by Gasteiger charge is -2.12. The molecular weight excluding hydrogens is 232 g/mol. The Morgan fingerprint density at radius 3 is 2.89 bits per heavy atom. The van der Waals surface area contributed by atoms with Crippen LogP contribution in [0, 0.1) is 5.92 Å². The van der Waals surface area contributed by atoms with Crippen LogP contribution in [0.1, 0.15) is 25.5 Å². The van der Waals surface area contributed by atoms with Crippen LogP contribution < -0.4 is 5.32 Å². The van der Waals surface area contributed by atoms with E-state index in [9.17, 15) is 9.90 Å². The molecule has 0 saturated carbocycles. The zero-order chi connectivity index (χ0) is 13.5. The Labute approximate surface area is 108 Å². The minimum atomic E-state index is -0.484. The van der Waals surface area contributed by atoms with E-state index in [0.29, 0.717) is 13.2 Å². The lowest BCUT2D eigenvalue weighted by molar-refractivity contribution is -0.121. The molecule has 0 aliphatic heterocycles. The van der Waals surface area contributed by atoms with Crippen molar-refractivity contribution in [1.82, 2.24) is 9.88 Å². The second kappa shape index (κ2) is 7.18. The van der Waals surface area contributed by atoms with E-state index in [2.05, 4.69) is 5.32 Å². The lowest BCUT2D eigenvalue weighted by Crippen LogP contribution is -2.30. The van der Waals surface area contributed by atoms with Crippen LogP contribution in [0.25, 0.3) is 0 Å². The van der Waals surface area contributed by atoms with Gasteiger partial charge in [-0.2, -0.15) is 0 Å². The highest BCUT2D eigenvalue weighted by atomic mass is 16.5. The van der Waals surface area contributed by atoms with E-state index in [-0.39, 0.29) is 18.4 Å². The molecule has 1 amide bonds. The Hall–Kier alpha value is -1.33. The molecule has 2 N–H and O–H groups in total. The summed E-state index contributed by atoms with van der Waals surface area (Å²) < 4.78 is 6.62. The second-order valence-electron chi connectivity index (χ2n) is 4.65. The number of ether oxygens (including phenoxy) is 1. The molecule has 1 rings (SSSR count). The van der Waals surface area contributed by atoms with Gasteiger partial charge in [-0.3, -0.25) is 4.79 Å². The molecule has 0 radical (unpaired) electrons. The lowest BCUT2D eigenvalue weighted by atomic mass is 10.0. The molecule has 0 aliphatic carbocycles. The Balaban J connectivity index is 2.46. The minimum Gasteiger partial charge on any atom is -0.388 e. The van der Waals surface area contributed by atoms with Gasteiger partial charge in [-0.25, -0.2) is 0 Å². The maximum atomic E-state index is 11.6. The van der Waals surface area contributed by atoms with Crippen LogP contribution >= 0.6 is 0 Å². The van der Waals surface area contributed by atoms with Crippen molar-refractivity contribution in [3.05, 3.63) is 24.0 Å². The predicted octanol–water partition coefficient (Wildman–Crippen LogP) is 0.940. The largest absolute Gasteiger partial charge is 0.388 e. The number of aromatic nitrogens is 1. The van der Waals surface area contributed by atoms with Crippen molar-refractivity contribution in [2.75, 3.05) is 20.3 Å². The summed E-state index contributed by atoms with van der Waals surface area (Å²) in [6.45, 7) is 5.19. The first kappa shape index (κ1) is 14.7. The molecule has 0 aliphatic rings. The van der Waals surface area contributed by atoms with Crippen LogP contribution in [-0.2, 0) is 16.1 Å². The molecule has 0 spiro atoms. The number of methoxy groups -OCH3 is 1. The molecule has 1 unspecified atom stereocenters. The van der Waals surface area contributed by atoms with Gasteiger partial charge >= 0.3 is 0 Å². The number of hydrogen-bond donors (Lipinski definition) is 2. The molecule has 1 atom stereocenters. The number of amides is 1. The fraction of sp³-hybridized carbons (Fsp3) is 0.615. The molecule has 0 aromatic carbocycles. The van der Waals surface area contributed by atoms with Gasteiger partial charge in [0.25, 0.3) is 0 Å². The van der Waals surface area contributed by atoms with Crippen LogP contribution in [-0.4, -0.2) is 35.8 Å². The highest BCUT2D eigenvalue weighted by molar-refractivity contribution is 5.75. The fourth-order valence-electron chi connectivity index (χ4n) is 1.63. The summed E-state index contributed by atoms with van der Waals surface area (Å²) in [6.07, 6.45) is 3.13. The molecule has 5 heteroatoms. The Kier molecular flexibility index (Phi) is 5.88. The predicted molar refractivity (Wildman–Crippen MR) is 69.1 cm³/mol. The first-order valence-corrected chi connectivity index (χ1v) is 6.14. The van der Waals surface area contributed by atoms with E-state index in [4.69, 9.17) is 4.74 Å². The standard InChI is InChI=1S/C13H22N2O3/c1-10(2)13(17)11-4-6-15(8-11)9-12(16)14-5-7-18-3/h4,6,8,10,13,17H,5,7,9H2,1-3H3,(H,14,16). The molecular formula is C13H22N2O3. The highest BCUT2D eigenvalue weighted by Crippen LogP contribution is 2.21. The normalized spacial score (nSPS) is 12.7. The van der Waals surface area contributed by atoms with Gasteiger partial charge in [-0.1, -0.05) is 13.8 Å². The monoisotopic (exact) mass is 254 g/mol. The molecule has 5 nitrogen and oxygen atoms in total. The third-order valence-electron chi connectivity index (χ3n) is 2.70. The van der Waals surface area contributed by atoms with Crippen LogP contribution in [0.5, 0.6) is 0 Å². The fourth-order valence-corrected chi connectivity index (χ4v) is 1.63. The molecule has 1 aromatic heterocycles. The molecule has 102 valence electrons. The third-order valence-corrected chi connectivity index (χ3v) is 2.70. The molecule has 0 fully saturated rings. The Bertz CT molecular complexity index is 374. The maximum absolute atomic E-state index is 11.6. The summed E-state index contributed by atoms with van der Waals surface area (Å²) in [6, 6.07) is 1.84. The van der Waals surface area contributed by atoms with Gasteiger partial charge in [-0.15, -0.1) is 0 Å². The average molecular weight is 254 g/mol. The Morgan fingerprint density at radius 2 is 2.28 bits per heavy atom. The second-order valence-corrected chi connectivity index (χ2v) is 4.65. The summed E-state index contributed by atoms with van der Waals surface area (Å²) in [5.41, 5.74) is 0.842. The number of carbonyl (C=O) groups excluding carboxylic acids is 1. The first-order valence-electron chi connectivity index (χ1n) is 6.14. The summed E-state index contributed by atoms with van der Waals surface area (Å²) >= 11 is 0. The zero-order valence-electron chi connectivity index (χ0n) is 11.2. The van der Waals surface area contributed by atoms with Crippen molar-refractivity contribution in [2.24, 2.45) is 5.92 Å². The zero-order valence-corrected chi connectivity index (χ0v) is 11.2. The summed E-state index contributed by atoms with van der Waals surface area (Å²) in [5, 5.41) is 12.6. The number of hydrogen-bond acceptors (Lipinski definition) is 3. The summed E-state index contributed by atoms with van der Waals surface area (Å²) in [4.78, 5) is 11.6. The third kappa shape index (κ3) is 4.50. The number of aliphatic hydroxyl groups is 1. The Morgan fingerprint density at radius 1 is 1.56 bits per heavy atom. The SMILES string of the molecule is COCCNC(=O)Cn1ccc(C(O)C(C)C)c1. The molecule has 1 aromatic rings. The van der Waals surface area contributed by atoms with Gasteiger partial charge < -0.3 is 19.7 Å². The van der Waals surface area contributed by atoms with Crippen LogP contribution in [0.15, 0.2) is 18.5 Å². The smallest absolute Gasteiger partial charge is 0.239 e. The first-order chi connectivity index (χ1) is 8.54. The van der Waals surface area contributed by atoms with Crippen molar-refractivity contribution in [1.29, 1.82) is 0 Å². The quantitative estimate of drug-likeness (QED) is 0.712. The van der Waals surface area contributed by atoms with E-state index in [1.807, 2.05) is 19.9 Å². The van der Waals surface area contributed by atoms with Crippen LogP contribution in [0.2, 0.25) is 0 Å². The number of carbonyl (C=O) groups is 1. The van der Waals surface area contributed by atoms with Gasteiger partial charge in [0, 0.05) is 26.0 Å². The number of nitrogens with zero attached hydrogens (tertiary/aromatic N) is 1. The minimum absolute atomic E-state index is 0.0618. The molecule has 0 saturated heterocycles. The van der Waals surface area contributed by atoms with Crippen molar-refractivity contribution >= 4 is 5.91 Å². The van der Waals surface area contributed by atoms with E-state index >= 15 is 0 Å². The maximum Gasteiger partial charge on any atom is 0.239 e. The van der Waals surface area contributed by atoms with Gasteiger partial charge in [0.15, 0.2) is 0 Å². The van der Waals surface area contributed by atoms with Gasteiger partial charge in [0.2, 0.25) is 5.91 Å². The number of nitrogens with one attached hydrogen (secondary N) is 1. The van der Waals surface area contributed by atoms with E-state index in [0.717, 1.165) is 5.56 Å².